The zero-order valence-electron chi connectivity index (χ0n) is 7.01. The molecule has 0 spiro atoms. The van der Waals surface area contributed by atoms with E-state index in [-0.39, 0.29) is 0 Å². The monoisotopic (exact) mass is 142 g/mol. The van der Waals surface area contributed by atoms with E-state index in [0.29, 0.717) is 6.61 Å². The molecule has 1 N–H and O–H groups in total. The molecule has 1 heteroatoms. The van der Waals surface area contributed by atoms with E-state index in [1.807, 2.05) is 0 Å². The van der Waals surface area contributed by atoms with Crippen molar-refractivity contribution in [2.24, 2.45) is 17.8 Å². The number of hydrogen-bond donors (Lipinski definition) is 1. The van der Waals surface area contributed by atoms with Crippen molar-refractivity contribution in [3.63, 3.8) is 0 Å². The summed E-state index contributed by atoms with van der Waals surface area (Å²) in [6.45, 7) is 4.89. The van der Waals surface area contributed by atoms with Crippen LogP contribution in [0, 0.1) is 17.8 Å². The first-order valence-electron chi connectivity index (χ1n) is 4.40. The third kappa shape index (κ3) is 1.72. The van der Waals surface area contributed by atoms with Crippen LogP contribution >= 0.6 is 0 Å². The van der Waals surface area contributed by atoms with Gasteiger partial charge in [-0.25, -0.2) is 0 Å². The quantitative estimate of drug-likeness (QED) is 0.637. The maximum Gasteiger partial charge on any atom is 0.0433 e. The van der Waals surface area contributed by atoms with Crippen LogP contribution in [0.25, 0.3) is 0 Å². The highest BCUT2D eigenvalue weighted by molar-refractivity contribution is 4.88. The second-order valence-corrected chi connectivity index (χ2v) is 3.56. The van der Waals surface area contributed by atoms with E-state index in [2.05, 4.69) is 13.8 Å². The molecule has 3 atom stereocenters. The zero-order chi connectivity index (χ0) is 7.56. The molecular formula is C9H18O. The van der Waals surface area contributed by atoms with E-state index in [1.54, 1.807) is 0 Å². The summed E-state index contributed by atoms with van der Waals surface area (Å²) < 4.78 is 0. The molecule has 0 saturated heterocycles. The Morgan fingerprint density at radius 3 is 2.70 bits per heavy atom. The Morgan fingerprint density at radius 1 is 1.60 bits per heavy atom. The van der Waals surface area contributed by atoms with Crippen molar-refractivity contribution >= 4 is 0 Å². The predicted octanol–water partition coefficient (Wildman–Crippen LogP) is 2.05. The van der Waals surface area contributed by atoms with Gasteiger partial charge in [0.05, 0.1) is 0 Å². The second kappa shape index (κ2) is 3.38. The first-order chi connectivity index (χ1) is 4.79. The van der Waals surface area contributed by atoms with Gasteiger partial charge in [-0.3, -0.25) is 0 Å². The molecule has 1 aliphatic rings. The summed E-state index contributed by atoms with van der Waals surface area (Å²) in [5, 5.41) is 8.67. The van der Waals surface area contributed by atoms with Gasteiger partial charge in [-0.05, 0) is 30.6 Å². The van der Waals surface area contributed by atoms with E-state index in [9.17, 15) is 0 Å². The van der Waals surface area contributed by atoms with Gasteiger partial charge < -0.3 is 5.11 Å². The Kier molecular flexibility index (Phi) is 2.72. The fourth-order valence-electron chi connectivity index (χ4n) is 1.86. The molecule has 0 aromatic heterocycles. The van der Waals surface area contributed by atoms with Crippen molar-refractivity contribution in [3.8, 4) is 0 Å². The Morgan fingerprint density at radius 2 is 2.30 bits per heavy atom. The van der Waals surface area contributed by atoms with Crippen LogP contribution in [0.5, 0.6) is 0 Å². The lowest BCUT2D eigenvalue weighted by Crippen LogP contribution is -2.01. The number of aliphatic hydroxyl groups is 1. The second-order valence-electron chi connectivity index (χ2n) is 3.56. The average molecular weight is 142 g/mol. The van der Waals surface area contributed by atoms with Gasteiger partial charge in [0.15, 0.2) is 0 Å². The number of rotatable bonds is 4. The SMILES string of the molecule is CCC1CC1C(C)CCO. The van der Waals surface area contributed by atoms with E-state index in [0.717, 1.165) is 24.2 Å². The lowest BCUT2D eigenvalue weighted by atomic mass is 10.0. The number of hydrogen-bond acceptors (Lipinski definition) is 1. The summed E-state index contributed by atoms with van der Waals surface area (Å²) in [7, 11) is 0. The lowest BCUT2D eigenvalue weighted by molar-refractivity contribution is 0.250. The normalized spacial score (nSPS) is 33.9. The summed E-state index contributed by atoms with van der Waals surface area (Å²) in [4.78, 5) is 0. The standard InChI is InChI=1S/C9H18O/c1-3-8-6-9(8)7(2)4-5-10/h7-10H,3-6H2,1-2H3. The van der Waals surface area contributed by atoms with Crippen LogP contribution in [0.4, 0.5) is 0 Å². The number of aliphatic hydroxyl groups excluding tert-OH is 1. The third-order valence-corrected chi connectivity index (χ3v) is 2.82. The summed E-state index contributed by atoms with van der Waals surface area (Å²) in [5.74, 6) is 2.69. The van der Waals surface area contributed by atoms with Gasteiger partial charge in [-0.2, -0.15) is 0 Å². The van der Waals surface area contributed by atoms with Gasteiger partial charge in [0, 0.05) is 6.61 Å². The fourth-order valence-corrected chi connectivity index (χ4v) is 1.86. The van der Waals surface area contributed by atoms with Crippen LogP contribution in [0.1, 0.15) is 33.1 Å². The molecule has 0 heterocycles. The predicted molar refractivity (Wildman–Crippen MR) is 42.8 cm³/mol. The molecule has 10 heavy (non-hydrogen) atoms. The molecule has 1 rings (SSSR count). The fraction of sp³-hybridized carbons (Fsp3) is 1.00. The largest absolute Gasteiger partial charge is 0.396 e. The van der Waals surface area contributed by atoms with Gasteiger partial charge in [0.1, 0.15) is 0 Å². The highest BCUT2D eigenvalue weighted by Crippen LogP contribution is 2.47. The minimum atomic E-state index is 0.369. The van der Waals surface area contributed by atoms with Crippen LogP contribution < -0.4 is 0 Å². The molecule has 60 valence electrons. The molecular weight excluding hydrogens is 124 g/mol. The molecule has 0 aliphatic heterocycles. The topological polar surface area (TPSA) is 20.2 Å². The molecule has 0 aromatic carbocycles. The van der Waals surface area contributed by atoms with Crippen LogP contribution in [-0.4, -0.2) is 11.7 Å². The summed E-state index contributed by atoms with van der Waals surface area (Å²) in [6, 6.07) is 0. The molecule has 0 aromatic rings. The van der Waals surface area contributed by atoms with Crippen molar-refractivity contribution < 1.29 is 5.11 Å². The highest BCUT2D eigenvalue weighted by atomic mass is 16.3. The van der Waals surface area contributed by atoms with Crippen molar-refractivity contribution in [1.82, 2.24) is 0 Å². The van der Waals surface area contributed by atoms with E-state index in [1.165, 1.54) is 12.8 Å². The summed E-state index contributed by atoms with van der Waals surface area (Å²) >= 11 is 0. The Labute approximate surface area is 63.4 Å². The first kappa shape index (κ1) is 8.06. The van der Waals surface area contributed by atoms with E-state index < -0.39 is 0 Å². The summed E-state index contributed by atoms with van der Waals surface area (Å²) in [5.41, 5.74) is 0. The maximum absolute atomic E-state index is 8.67. The molecule has 0 radical (unpaired) electrons. The van der Waals surface area contributed by atoms with Crippen LogP contribution in [-0.2, 0) is 0 Å². The third-order valence-electron chi connectivity index (χ3n) is 2.82. The Balaban J connectivity index is 2.12. The average Bonchev–Trinajstić information content (AvgIpc) is 2.66. The van der Waals surface area contributed by atoms with Crippen LogP contribution in [0.3, 0.4) is 0 Å². The van der Waals surface area contributed by atoms with Crippen molar-refractivity contribution in [2.75, 3.05) is 6.61 Å². The Bertz CT molecular complexity index is 101. The van der Waals surface area contributed by atoms with Crippen LogP contribution in [0.15, 0.2) is 0 Å². The first-order valence-corrected chi connectivity index (χ1v) is 4.40. The van der Waals surface area contributed by atoms with Gasteiger partial charge in [0.25, 0.3) is 0 Å². The van der Waals surface area contributed by atoms with E-state index >= 15 is 0 Å². The van der Waals surface area contributed by atoms with Gasteiger partial charge >= 0.3 is 0 Å². The van der Waals surface area contributed by atoms with Crippen molar-refractivity contribution in [2.45, 2.75) is 33.1 Å². The smallest absolute Gasteiger partial charge is 0.0433 e. The van der Waals surface area contributed by atoms with Gasteiger partial charge in [0.2, 0.25) is 0 Å². The van der Waals surface area contributed by atoms with E-state index in [4.69, 9.17) is 5.11 Å². The Hall–Kier alpha value is -0.0400. The molecule has 0 bridgehead atoms. The van der Waals surface area contributed by atoms with Gasteiger partial charge in [-0.15, -0.1) is 0 Å². The maximum atomic E-state index is 8.67. The highest BCUT2D eigenvalue weighted by Gasteiger charge is 2.38. The molecule has 1 fully saturated rings. The molecule has 1 saturated carbocycles. The zero-order valence-corrected chi connectivity index (χ0v) is 7.01. The molecule has 1 nitrogen and oxygen atoms in total. The lowest BCUT2D eigenvalue weighted by Gasteiger charge is -2.07. The molecule has 3 unspecified atom stereocenters. The van der Waals surface area contributed by atoms with Crippen molar-refractivity contribution in [1.29, 1.82) is 0 Å². The summed E-state index contributed by atoms with van der Waals surface area (Å²) in [6.07, 6.45) is 3.75. The molecule has 1 aliphatic carbocycles. The molecule has 0 amide bonds. The minimum Gasteiger partial charge on any atom is -0.396 e. The minimum absolute atomic E-state index is 0.369. The van der Waals surface area contributed by atoms with Crippen molar-refractivity contribution in [3.05, 3.63) is 0 Å². The van der Waals surface area contributed by atoms with Gasteiger partial charge in [-0.1, -0.05) is 20.3 Å². The van der Waals surface area contributed by atoms with Crippen LogP contribution in [0.2, 0.25) is 0 Å².